The number of hydrogen-bond donors (Lipinski definition) is 2. The highest BCUT2D eigenvalue weighted by Crippen LogP contribution is 2.28. The number of carbonyl (C=O) groups is 1. The zero-order chi connectivity index (χ0) is 15.1. The third-order valence-electron chi connectivity index (χ3n) is 3.72. The fourth-order valence-electron chi connectivity index (χ4n) is 2.56. The first-order valence-electron chi connectivity index (χ1n) is 6.97. The van der Waals surface area contributed by atoms with Gasteiger partial charge in [0, 0.05) is 36.8 Å². The van der Waals surface area contributed by atoms with Crippen LogP contribution in [0.25, 0.3) is 10.9 Å². The maximum absolute atomic E-state index is 12.4. The summed E-state index contributed by atoms with van der Waals surface area (Å²) < 4.78 is 0. The molecule has 0 radical (unpaired) electrons. The number of H-pyrrole nitrogens is 1. The van der Waals surface area contributed by atoms with Gasteiger partial charge >= 0.3 is 0 Å². The minimum Gasteiger partial charge on any atom is -0.301 e. The number of hydrogen-bond acceptors (Lipinski definition) is 6. The lowest BCUT2D eigenvalue weighted by Crippen LogP contribution is -2.25. The molecule has 8 heteroatoms. The third kappa shape index (κ3) is 2.26. The van der Waals surface area contributed by atoms with E-state index in [1.165, 1.54) is 16.2 Å². The lowest BCUT2D eigenvalue weighted by atomic mass is 10.2. The third-order valence-corrected chi connectivity index (χ3v) is 4.72. The molecular weight excluding hydrogens is 300 g/mol. The van der Waals surface area contributed by atoms with Gasteiger partial charge in [-0.25, -0.2) is 4.98 Å². The van der Waals surface area contributed by atoms with Crippen molar-refractivity contribution in [2.45, 2.75) is 13.0 Å². The number of nitrogens with one attached hydrogen (secondary N) is 2. The van der Waals surface area contributed by atoms with Crippen LogP contribution < -0.4 is 5.32 Å². The predicted octanol–water partition coefficient (Wildman–Crippen LogP) is 1.65. The number of aromatic amines is 1. The molecule has 0 aliphatic carbocycles. The summed E-state index contributed by atoms with van der Waals surface area (Å²) in [5, 5.41) is 11.1. The maximum Gasteiger partial charge on any atom is 0.278 e. The highest BCUT2D eigenvalue weighted by Gasteiger charge is 2.21. The average molecular weight is 314 g/mol. The van der Waals surface area contributed by atoms with Gasteiger partial charge in [-0.2, -0.15) is 5.10 Å². The molecule has 112 valence electrons. The van der Waals surface area contributed by atoms with E-state index in [0.717, 1.165) is 30.7 Å². The molecule has 0 fully saturated rings. The van der Waals surface area contributed by atoms with Gasteiger partial charge in [-0.1, -0.05) is 0 Å². The van der Waals surface area contributed by atoms with Crippen LogP contribution in [0.1, 0.15) is 21.1 Å². The van der Waals surface area contributed by atoms with Gasteiger partial charge in [-0.15, -0.1) is 11.3 Å². The molecule has 7 nitrogen and oxygen atoms in total. The Hall–Kier alpha value is -2.32. The Labute approximate surface area is 130 Å². The van der Waals surface area contributed by atoms with E-state index in [1.54, 1.807) is 18.5 Å². The van der Waals surface area contributed by atoms with Crippen LogP contribution in [-0.2, 0) is 13.0 Å². The van der Waals surface area contributed by atoms with Crippen LogP contribution in [0.3, 0.4) is 0 Å². The first-order valence-corrected chi connectivity index (χ1v) is 7.79. The molecule has 0 bridgehead atoms. The van der Waals surface area contributed by atoms with E-state index in [4.69, 9.17) is 0 Å². The quantitative estimate of drug-likeness (QED) is 0.751. The highest BCUT2D eigenvalue weighted by atomic mass is 32.1. The number of thiazole rings is 1. The Kier molecular flexibility index (Phi) is 3.12. The molecule has 0 unspecified atom stereocenters. The van der Waals surface area contributed by atoms with Crippen LogP contribution >= 0.6 is 11.3 Å². The largest absolute Gasteiger partial charge is 0.301 e. The minimum absolute atomic E-state index is 0.265. The number of pyridine rings is 1. The van der Waals surface area contributed by atoms with E-state index in [1.807, 2.05) is 0 Å². The van der Waals surface area contributed by atoms with Crippen molar-refractivity contribution in [2.24, 2.45) is 0 Å². The molecule has 0 saturated heterocycles. The Bertz CT molecular complexity index is 854. The van der Waals surface area contributed by atoms with Gasteiger partial charge in [-0.05, 0) is 13.1 Å². The molecule has 1 aliphatic heterocycles. The number of nitrogens with zero attached hydrogens (tertiary/aromatic N) is 4. The molecule has 0 aromatic carbocycles. The number of fused-ring (bicyclic) bond motifs is 2. The Morgan fingerprint density at radius 1 is 1.50 bits per heavy atom. The second kappa shape index (κ2) is 5.15. The average Bonchev–Trinajstić information content (AvgIpc) is 3.09. The lowest BCUT2D eigenvalue weighted by Gasteiger charge is -2.20. The van der Waals surface area contributed by atoms with Crippen molar-refractivity contribution in [1.82, 2.24) is 25.1 Å². The molecule has 4 heterocycles. The standard InChI is InChI=1S/C14H14N6OS/c1-20-5-3-10-11(7-20)22-14(16-10)17-13(21)12-8-6-15-4-2-9(8)18-19-12/h2,4,6H,3,5,7H2,1H3,(H,18,19)(H,16,17,21). The van der Waals surface area contributed by atoms with Crippen molar-refractivity contribution in [3.05, 3.63) is 34.7 Å². The van der Waals surface area contributed by atoms with Crippen LogP contribution in [-0.4, -0.2) is 44.6 Å². The molecular formula is C14H14N6OS. The van der Waals surface area contributed by atoms with Crippen molar-refractivity contribution in [1.29, 1.82) is 0 Å². The SMILES string of the molecule is CN1CCc2nc(NC(=O)c3n[nH]c4ccncc34)sc2C1. The topological polar surface area (TPSA) is 86.8 Å². The molecule has 3 aromatic rings. The van der Waals surface area contributed by atoms with E-state index in [-0.39, 0.29) is 5.91 Å². The van der Waals surface area contributed by atoms with Crippen molar-refractivity contribution in [2.75, 3.05) is 18.9 Å². The van der Waals surface area contributed by atoms with Crippen molar-refractivity contribution in [3.63, 3.8) is 0 Å². The number of carbonyl (C=O) groups excluding carboxylic acids is 1. The molecule has 0 spiro atoms. The molecule has 1 amide bonds. The summed E-state index contributed by atoms with van der Waals surface area (Å²) in [4.78, 5) is 24.4. The summed E-state index contributed by atoms with van der Waals surface area (Å²) in [5.74, 6) is -0.265. The normalized spacial score (nSPS) is 15.0. The number of anilines is 1. The van der Waals surface area contributed by atoms with Crippen LogP contribution in [0.4, 0.5) is 5.13 Å². The van der Waals surface area contributed by atoms with Gasteiger partial charge in [0.25, 0.3) is 5.91 Å². The van der Waals surface area contributed by atoms with Crippen molar-refractivity contribution >= 4 is 33.3 Å². The molecule has 3 aromatic heterocycles. The zero-order valence-electron chi connectivity index (χ0n) is 12.0. The van der Waals surface area contributed by atoms with Crippen LogP contribution in [0, 0.1) is 0 Å². The van der Waals surface area contributed by atoms with Crippen molar-refractivity contribution in [3.8, 4) is 0 Å². The summed E-state index contributed by atoms with van der Waals surface area (Å²) in [5.41, 5.74) is 2.22. The molecule has 4 rings (SSSR count). The smallest absolute Gasteiger partial charge is 0.278 e. The van der Waals surface area contributed by atoms with Crippen LogP contribution in [0.2, 0.25) is 0 Å². The van der Waals surface area contributed by atoms with Gasteiger partial charge in [0.1, 0.15) is 0 Å². The summed E-state index contributed by atoms with van der Waals surface area (Å²) >= 11 is 1.53. The van der Waals surface area contributed by atoms with Gasteiger partial charge in [-0.3, -0.25) is 20.2 Å². The highest BCUT2D eigenvalue weighted by molar-refractivity contribution is 7.15. The van der Waals surface area contributed by atoms with E-state index in [9.17, 15) is 4.79 Å². The lowest BCUT2D eigenvalue weighted by molar-refractivity contribution is 0.102. The van der Waals surface area contributed by atoms with E-state index in [0.29, 0.717) is 16.2 Å². The first-order chi connectivity index (χ1) is 10.7. The van der Waals surface area contributed by atoms with Gasteiger partial charge in [0.2, 0.25) is 0 Å². The fraction of sp³-hybridized carbons (Fsp3) is 0.286. The summed E-state index contributed by atoms with van der Waals surface area (Å²) in [6.07, 6.45) is 4.22. The minimum atomic E-state index is -0.265. The number of aromatic nitrogens is 4. The Morgan fingerprint density at radius 2 is 2.41 bits per heavy atom. The number of rotatable bonds is 2. The van der Waals surface area contributed by atoms with E-state index < -0.39 is 0 Å². The maximum atomic E-state index is 12.4. The Balaban J connectivity index is 1.60. The second-order valence-electron chi connectivity index (χ2n) is 5.32. The van der Waals surface area contributed by atoms with E-state index >= 15 is 0 Å². The van der Waals surface area contributed by atoms with Crippen LogP contribution in [0.15, 0.2) is 18.5 Å². The van der Waals surface area contributed by atoms with Gasteiger partial charge in [0.05, 0.1) is 16.6 Å². The van der Waals surface area contributed by atoms with Gasteiger partial charge in [0.15, 0.2) is 10.8 Å². The fourth-order valence-corrected chi connectivity index (χ4v) is 3.65. The van der Waals surface area contributed by atoms with E-state index in [2.05, 4.69) is 37.4 Å². The summed E-state index contributed by atoms with van der Waals surface area (Å²) in [7, 11) is 2.09. The van der Waals surface area contributed by atoms with Crippen molar-refractivity contribution < 1.29 is 4.79 Å². The van der Waals surface area contributed by atoms with Gasteiger partial charge < -0.3 is 4.90 Å². The first kappa shape index (κ1) is 13.4. The second-order valence-corrected chi connectivity index (χ2v) is 6.41. The zero-order valence-corrected chi connectivity index (χ0v) is 12.8. The molecule has 22 heavy (non-hydrogen) atoms. The summed E-state index contributed by atoms with van der Waals surface area (Å²) in [6.45, 7) is 1.89. The monoisotopic (exact) mass is 314 g/mol. The number of likely N-dealkylation sites (N-methyl/N-ethyl adjacent to an activating group) is 1. The molecule has 1 aliphatic rings. The predicted molar refractivity (Wildman–Crippen MR) is 84.0 cm³/mol. The molecule has 2 N–H and O–H groups in total. The molecule has 0 saturated carbocycles. The molecule has 0 atom stereocenters. The Morgan fingerprint density at radius 3 is 3.32 bits per heavy atom. The summed E-state index contributed by atoms with van der Waals surface area (Å²) in [6, 6.07) is 1.79. The van der Waals surface area contributed by atoms with Crippen LogP contribution in [0.5, 0.6) is 0 Å². The number of amides is 1.